The van der Waals surface area contributed by atoms with Crippen molar-refractivity contribution in [2.24, 2.45) is 5.41 Å². The first-order valence-corrected chi connectivity index (χ1v) is 4.25. The molecule has 0 spiro atoms. The van der Waals surface area contributed by atoms with E-state index in [4.69, 9.17) is 0 Å². The van der Waals surface area contributed by atoms with Crippen LogP contribution in [0, 0.1) is 5.41 Å². The Kier molecular flexibility index (Phi) is 4.43. The summed E-state index contributed by atoms with van der Waals surface area (Å²) in [5.74, 6) is 0. The van der Waals surface area contributed by atoms with Gasteiger partial charge < -0.3 is 4.90 Å². The summed E-state index contributed by atoms with van der Waals surface area (Å²) in [6.07, 6.45) is 4.28. The minimum absolute atomic E-state index is 0.413. The van der Waals surface area contributed by atoms with Crippen LogP contribution in [0.5, 0.6) is 0 Å². The summed E-state index contributed by atoms with van der Waals surface area (Å²) >= 11 is 0. The minimum atomic E-state index is 0.413. The van der Waals surface area contributed by atoms with E-state index in [1.807, 2.05) is 0 Å². The Hall–Kier alpha value is -0.300. The summed E-state index contributed by atoms with van der Waals surface area (Å²) < 4.78 is 0. The van der Waals surface area contributed by atoms with Gasteiger partial charge in [0.25, 0.3) is 0 Å². The molecule has 0 aliphatic heterocycles. The van der Waals surface area contributed by atoms with E-state index in [1.165, 1.54) is 0 Å². The van der Waals surface area contributed by atoms with Crippen LogP contribution in [0.3, 0.4) is 0 Å². The summed E-state index contributed by atoms with van der Waals surface area (Å²) in [6, 6.07) is 0. The molecule has 0 aliphatic rings. The molecule has 11 heavy (non-hydrogen) atoms. The molecule has 0 heterocycles. The van der Waals surface area contributed by atoms with Gasteiger partial charge in [0.05, 0.1) is 0 Å². The minimum Gasteiger partial charge on any atom is -0.302 e. The monoisotopic (exact) mass is 155 g/mol. The highest BCUT2D eigenvalue weighted by molar-refractivity contribution is 4.81. The Morgan fingerprint density at radius 1 is 1.27 bits per heavy atom. The highest BCUT2D eigenvalue weighted by atomic mass is 15.1. The second-order valence-corrected chi connectivity index (χ2v) is 4.33. The Bertz CT molecular complexity index is 119. The molecule has 0 rings (SSSR count). The van der Waals surface area contributed by atoms with E-state index in [9.17, 15) is 0 Å². The zero-order chi connectivity index (χ0) is 8.91. The van der Waals surface area contributed by atoms with Crippen LogP contribution in [0.25, 0.3) is 0 Å². The van der Waals surface area contributed by atoms with Crippen LogP contribution in [0.2, 0.25) is 0 Å². The third kappa shape index (κ3) is 7.60. The van der Waals surface area contributed by atoms with Crippen LogP contribution in [0.1, 0.15) is 27.7 Å². The number of hydrogen-bond acceptors (Lipinski definition) is 1. The molecule has 0 saturated carbocycles. The van der Waals surface area contributed by atoms with Crippen molar-refractivity contribution >= 4 is 0 Å². The molecule has 0 aromatic rings. The van der Waals surface area contributed by atoms with Gasteiger partial charge in [-0.25, -0.2) is 0 Å². The van der Waals surface area contributed by atoms with Gasteiger partial charge in [0, 0.05) is 13.1 Å². The SMILES string of the molecule is C/C=C/CN(C)CC(C)(C)C. The number of hydrogen-bond donors (Lipinski definition) is 0. The maximum Gasteiger partial charge on any atom is 0.0160 e. The quantitative estimate of drug-likeness (QED) is 0.566. The summed E-state index contributed by atoms with van der Waals surface area (Å²) in [4.78, 5) is 2.33. The van der Waals surface area contributed by atoms with Crippen molar-refractivity contribution in [3.05, 3.63) is 12.2 Å². The van der Waals surface area contributed by atoms with Crippen molar-refractivity contribution in [3.63, 3.8) is 0 Å². The lowest BCUT2D eigenvalue weighted by molar-refractivity contribution is 0.244. The lowest BCUT2D eigenvalue weighted by atomic mass is 9.96. The molecule has 0 bridgehead atoms. The van der Waals surface area contributed by atoms with Crippen LogP contribution in [0.15, 0.2) is 12.2 Å². The number of rotatable bonds is 3. The topological polar surface area (TPSA) is 3.24 Å². The first-order valence-electron chi connectivity index (χ1n) is 4.25. The molecule has 0 aromatic heterocycles. The van der Waals surface area contributed by atoms with Gasteiger partial charge >= 0.3 is 0 Å². The van der Waals surface area contributed by atoms with Crippen molar-refractivity contribution in [1.29, 1.82) is 0 Å². The Balaban J connectivity index is 3.60. The van der Waals surface area contributed by atoms with Gasteiger partial charge in [-0.15, -0.1) is 0 Å². The standard InChI is InChI=1S/C10H21N/c1-6-7-8-11(5)9-10(2,3)4/h6-7H,8-9H2,1-5H3/b7-6+. The average molecular weight is 155 g/mol. The van der Waals surface area contributed by atoms with Gasteiger partial charge in [-0.2, -0.15) is 0 Å². The zero-order valence-electron chi connectivity index (χ0n) is 8.52. The fourth-order valence-corrected chi connectivity index (χ4v) is 1.16. The van der Waals surface area contributed by atoms with E-state index in [2.05, 4.69) is 51.8 Å². The van der Waals surface area contributed by atoms with Crippen molar-refractivity contribution in [1.82, 2.24) is 4.90 Å². The molecule has 0 radical (unpaired) electrons. The van der Waals surface area contributed by atoms with Crippen LogP contribution in [-0.4, -0.2) is 25.0 Å². The molecule has 0 aromatic carbocycles. The third-order valence-electron chi connectivity index (χ3n) is 1.40. The van der Waals surface area contributed by atoms with Gasteiger partial charge in [-0.3, -0.25) is 0 Å². The van der Waals surface area contributed by atoms with Crippen LogP contribution >= 0.6 is 0 Å². The van der Waals surface area contributed by atoms with E-state index >= 15 is 0 Å². The summed E-state index contributed by atoms with van der Waals surface area (Å²) in [7, 11) is 2.16. The van der Waals surface area contributed by atoms with Gasteiger partial charge in [-0.1, -0.05) is 32.9 Å². The van der Waals surface area contributed by atoms with E-state index in [-0.39, 0.29) is 0 Å². The molecule has 0 fully saturated rings. The van der Waals surface area contributed by atoms with Crippen molar-refractivity contribution in [2.45, 2.75) is 27.7 Å². The van der Waals surface area contributed by atoms with Gasteiger partial charge in [-0.05, 0) is 19.4 Å². The molecule has 0 saturated heterocycles. The van der Waals surface area contributed by atoms with E-state index < -0.39 is 0 Å². The Labute approximate surface area is 71.1 Å². The van der Waals surface area contributed by atoms with Crippen LogP contribution in [-0.2, 0) is 0 Å². The van der Waals surface area contributed by atoms with Gasteiger partial charge in [0.2, 0.25) is 0 Å². The van der Waals surface area contributed by atoms with Crippen LogP contribution < -0.4 is 0 Å². The average Bonchev–Trinajstić information content (AvgIpc) is 1.79. The molecule has 66 valence electrons. The summed E-state index contributed by atoms with van der Waals surface area (Å²) in [5, 5.41) is 0. The fraction of sp³-hybridized carbons (Fsp3) is 0.800. The molecule has 0 atom stereocenters. The number of nitrogens with zero attached hydrogens (tertiary/aromatic N) is 1. The molecule has 0 N–H and O–H groups in total. The second-order valence-electron chi connectivity index (χ2n) is 4.33. The number of likely N-dealkylation sites (N-methyl/N-ethyl adjacent to an activating group) is 1. The van der Waals surface area contributed by atoms with E-state index in [0.717, 1.165) is 13.1 Å². The molecular formula is C10H21N. The molecule has 0 unspecified atom stereocenters. The molecule has 0 aliphatic carbocycles. The lowest BCUT2D eigenvalue weighted by Crippen LogP contribution is -2.29. The van der Waals surface area contributed by atoms with E-state index in [1.54, 1.807) is 0 Å². The van der Waals surface area contributed by atoms with Crippen molar-refractivity contribution < 1.29 is 0 Å². The predicted molar refractivity (Wildman–Crippen MR) is 51.8 cm³/mol. The summed E-state index contributed by atoms with van der Waals surface area (Å²) in [5.41, 5.74) is 0.413. The molecule has 0 amide bonds. The lowest BCUT2D eigenvalue weighted by Gasteiger charge is -2.25. The third-order valence-corrected chi connectivity index (χ3v) is 1.40. The first kappa shape index (κ1) is 10.7. The second kappa shape index (κ2) is 4.55. The van der Waals surface area contributed by atoms with Crippen molar-refractivity contribution in [3.8, 4) is 0 Å². The van der Waals surface area contributed by atoms with E-state index in [0.29, 0.717) is 5.41 Å². The summed E-state index contributed by atoms with van der Waals surface area (Å²) in [6.45, 7) is 11.1. The Morgan fingerprint density at radius 2 is 1.82 bits per heavy atom. The normalized spacial score (nSPS) is 13.3. The van der Waals surface area contributed by atoms with Crippen molar-refractivity contribution in [2.75, 3.05) is 20.1 Å². The number of allylic oxidation sites excluding steroid dienone is 1. The van der Waals surface area contributed by atoms with Gasteiger partial charge in [0.1, 0.15) is 0 Å². The Morgan fingerprint density at radius 3 is 2.18 bits per heavy atom. The molecule has 1 nitrogen and oxygen atoms in total. The highest BCUT2D eigenvalue weighted by Gasteiger charge is 2.11. The smallest absolute Gasteiger partial charge is 0.0160 e. The fourth-order valence-electron chi connectivity index (χ4n) is 1.16. The first-order chi connectivity index (χ1) is 4.95. The molecule has 1 heteroatoms. The maximum absolute atomic E-state index is 2.33. The highest BCUT2D eigenvalue weighted by Crippen LogP contribution is 2.13. The maximum atomic E-state index is 2.33. The predicted octanol–water partition coefficient (Wildman–Crippen LogP) is 2.54. The molecular weight excluding hydrogens is 134 g/mol. The van der Waals surface area contributed by atoms with Gasteiger partial charge in [0.15, 0.2) is 0 Å². The zero-order valence-corrected chi connectivity index (χ0v) is 8.52. The largest absolute Gasteiger partial charge is 0.302 e. The van der Waals surface area contributed by atoms with Crippen LogP contribution in [0.4, 0.5) is 0 Å².